The molecule has 0 aliphatic rings. The van der Waals surface area contributed by atoms with Crippen LogP contribution in [0.25, 0.3) is 0 Å². The second kappa shape index (κ2) is 8.57. The number of rotatable bonds is 7. The van der Waals surface area contributed by atoms with Crippen molar-refractivity contribution in [2.24, 2.45) is 0 Å². The van der Waals surface area contributed by atoms with E-state index < -0.39 is 16.1 Å². The van der Waals surface area contributed by atoms with E-state index in [1.165, 1.54) is 4.31 Å². The molecule has 0 aliphatic heterocycles. The van der Waals surface area contributed by atoms with Crippen molar-refractivity contribution in [3.05, 3.63) is 64.7 Å². The van der Waals surface area contributed by atoms with Gasteiger partial charge in [-0.2, -0.15) is 0 Å². The number of amides is 1. The van der Waals surface area contributed by atoms with Crippen molar-refractivity contribution in [1.29, 1.82) is 0 Å². The van der Waals surface area contributed by atoms with Gasteiger partial charge in [-0.25, -0.2) is 8.42 Å². The van der Waals surface area contributed by atoms with Gasteiger partial charge in [0.25, 0.3) is 0 Å². The maximum atomic E-state index is 12.8. The van der Waals surface area contributed by atoms with Crippen LogP contribution in [0, 0.1) is 20.8 Å². The van der Waals surface area contributed by atoms with Crippen molar-refractivity contribution in [3.8, 4) is 0 Å². The minimum absolute atomic E-state index is 0.302. The highest BCUT2D eigenvalue weighted by molar-refractivity contribution is 7.92. The van der Waals surface area contributed by atoms with E-state index in [2.05, 4.69) is 5.32 Å². The Labute approximate surface area is 162 Å². The average molecular weight is 389 g/mol. The van der Waals surface area contributed by atoms with Crippen molar-refractivity contribution >= 4 is 21.6 Å². The minimum atomic E-state index is -3.62. The number of nitrogens with zero attached hydrogens (tertiary/aromatic N) is 1. The van der Waals surface area contributed by atoms with Crippen molar-refractivity contribution in [2.45, 2.75) is 46.7 Å². The molecule has 0 saturated carbocycles. The highest BCUT2D eigenvalue weighted by atomic mass is 32.2. The Kier molecular flexibility index (Phi) is 6.65. The minimum Gasteiger partial charge on any atom is -0.350 e. The Morgan fingerprint density at radius 3 is 2.19 bits per heavy atom. The molecule has 27 heavy (non-hydrogen) atoms. The Balaban J connectivity index is 2.30. The van der Waals surface area contributed by atoms with Gasteiger partial charge in [0, 0.05) is 6.54 Å². The van der Waals surface area contributed by atoms with E-state index in [1.807, 2.05) is 58.0 Å². The maximum absolute atomic E-state index is 12.8. The molecule has 6 heteroatoms. The smallest absolute Gasteiger partial charge is 0.244 e. The Morgan fingerprint density at radius 2 is 1.67 bits per heavy atom. The molecule has 0 saturated heterocycles. The number of aryl methyl sites for hydroxylation is 3. The van der Waals surface area contributed by atoms with Gasteiger partial charge in [-0.15, -0.1) is 0 Å². The SMILES string of the molecule is CCC(C(=O)NCc1cccc(C)c1)N(c1cc(C)cc(C)c1)S(C)(=O)=O. The lowest BCUT2D eigenvalue weighted by Gasteiger charge is -2.30. The molecular formula is C21H28N2O3S. The van der Waals surface area contributed by atoms with Crippen molar-refractivity contribution in [1.82, 2.24) is 5.32 Å². The van der Waals surface area contributed by atoms with Gasteiger partial charge >= 0.3 is 0 Å². The van der Waals surface area contributed by atoms with Crippen LogP contribution in [0.2, 0.25) is 0 Å². The molecule has 146 valence electrons. The van der Waals surface area contributed by atoms with Crippen molar-refractivity contribution in [3.63, 3.8) is 0 Å². The van der Waals surface area contributed by atoms with Crippen LogP contribution in [0.3, 0.4) is 0 Å². The number of hydrogen-bond donors (Lipinski definition) is 1. The quantitative estimate of drug-likeness (QED) is 0.790. The number of benzene rings is 2. The van der Waals surface area contributed by atoms with Gasteiger partial charge in [-0.05, 0) is 56.0 Å². The van der Waals surface area contributed by atoms with Gasteiger partial charge in [0.1, 0.15) is 6.04 Å². The number of carbonyl (C=O) groups excluding carboxylic acids is 1. The van der Waals surface area contributed by atoms with E-state index >= 15 is 0 Å². The molecule has 1 N–H and O–H groups in total. The second-order valence-electron chi connectivity index (χ2n) is 7.04. The van der Waals surface area contributed by atoms with E-state index in [0.29, 0.717) is 18.7 Å². The lowest BCUT2D eigenvalue weighted by molar-refractivity contribution is -0.122. The van der Waals surface area contributed by atoms with Crippen molar-refractivity contribution in [2.75, 3.05) is 10.6 Å². The predicted molar refractivity (Wildman–Crippen MR) is 110 cm³/mol. The van der Waals surface area contributed by atoms with Gasteiger partial charge in [0.05, 0.1) is 11.9 Å². The molecule has 5 nitrogen and oxygen atoms in total. The molecule has 2 aromatic rings. The summed E-state index contributed by atoms with van der Waals surface area (Å²) in [4.78, 5) is 12.8. The van der Waals surface area contributed by atoms with Crippen LogP contribution in [0.5, 0.6) is 0 Å². The number of nitrogens with one attached hydrogen (secondary N) is 1. The fraction of sp³-hybridized carbons (Fsp3) is 0.381. The number of carbonyl (C=O) groups is 1. The molecule has 1 unspecified atom stereocenters. The van der Waals surface area contributed by atoms with Gasteiger partial charge in [-0.3, -0.25) is 9.10 Å². The van der Waals surface area contributed by atoms with Gasteiger partial charge in [-0.1, -0.05) is 42.8 Å². The molecule has 2 rings (SSSR count). The van der Waals surface area contributed by atoms with Gasteiger partial charge in [0.2, 0.25) is 15.9 Å². The summed E-state index contributed by atoms with van der Waals surface area (Å²) in [5, 5.41) is 2.88. The van der Waals surface area contributed by atoms with Crippen LogP contribution < -0.4 is 9.62 Å². The monoisotopic (exact) mass is 388 g/mol. The van der Waals surface area contributed by atoms with Crippen LogP contribution in [0.1, 0.15) is 35.6 Å². The first kappa shape index (κ1) is 21.0. The molecule has 0 bridgehead atoms. The fourth-order valence-electron chi connectivity index (χ4n) is 3.27. The number of anilines is 1. The Morgan fingerprint density at radius 1 is 1.04 bits per heavy atom. The van der Waals surface area contributed by atoms with Gasteiger partial charge < -0.3 is 5.32 Å². The molecule has 0 aliphatic carbocycles. The third kappa shape index (κ3) is 5.57. The third-order valence-corrected chi connectivity index (χ3v) is 5.52. The summed E-state index contributed by atoms with van der Waals surface area (Å²) in [6, 6.07) is 12.6. The third-order valence-electron chi connectivity index (χ3n) is 4.34. The van der Waals surface area contributed by atoms with Crippen LogP contribution in [0.4, 0.5) is 5.69 Å². The van der Waals surface area contributed by atoms with Crippen LogP contribution in [-0.2, 0) is 21.4 Å². The first-order chi connectivity index (χ1) is 12.6. The number of hydrogen-bond acceptors (Lipinski definition) is 3. The van der Waals surface area contributed by atoms with Crippen LogP contribution >= 0.6 is 0 Å². The van der Waals surface area contributed by atoms with Crippen molar-refractivity contribution < 1.29 is 13.2 Å². The summed E-state index contributed by atoms with van der Waals surface area (Å²) >= 11 is 0. The maximum Gasteiger partial charge on any atom is 0.244 e. The molecule has 0 fully saturated rings. The van der Waals surface area contributed by atoms with Crippen LogP contribution in [0.15, 0.2) is 42.5 Å². The van der Waals surface area contributed by atoms with E-state index in [9.17, 15) is 13.2 Å². The number of sulfonamides is 1. The zero-order chi connectivity index (χ0) is 20.2. The fourth-order valence-corrected chi connectivity index (χ4v) is 4.46. The lowest BCUT2D eigenvalue weighted by atomic mass is 10.1. The Hall–Kier alpha value is -2.34. The summed E-state index contributed by atoms with van der Waals surface area (Å²) in [5.74, 6) is -0.302. The zero-order valence-corrected chi connectivity index (χ0v) is 17.4. The highest BCUT2D eigenvalue weighted by Gasteiger charge is 2.31. The second-order valence-corrected chi connectivity index (χ2v) is 8.90. The normalized spacial score (nSPS) is 12.5. The van der Waals surface area contributed by atoms with Gasteiger partial charge in [0.15, 0.2) is 0 Å². The molecule has 0 radical (unpaired) electrons. The summed E-state index contributed by atoms with van der Waals surface area (Å²) in [6.45, 7) is 8.00. The molecule has 0 heterocycles. The van der Waals surface area contributed by atoms with E-state index in [4.69, 9.17) is 0 Å². The molecule has 1 atom stereocenters. The van der Waals surface area contributed by atoms with E-state index in [-0.39, 0.29) is 5.91 Å². The topological polar surface area (TPSA) is 66.5 Å². The Bertz CT molecular complexity index is 903. The largest absolute Gasteiger partial charge is 0.350 e. The summed E-state index contributed by atoms with van der Waals surface area (Å²) in [6.07, 6.45) is 1.51. The molecule has 0 spiro atoms. The lowest BCUT2D eigenvalue weighted by Crippen LogP contribution is -2.49. The molecule has 2 aromatic carbocycles. The first-order valence-electron chi connectivity index (χ1n) is 9.02. The van der Waals surface area contributed by atoms with Crippen LogP contribution in [-0.4, -0.2) is 26.6 Å². The summed E-state index contributed by atoms with van der Waals surface area (Å²) in [7, 11) is -3.62. The molecule has 1 amide bonds. The summed E-state index contributed by atoms with van der Waals surface area (Å²) in [5.41, 5.74) is 4.52. The van der Waals surface area contributed by atoms with E-state index in [1.54, 1.807) is 12.1 Å². The van der Waals surface area contributed by atoms with E-state index in [0.717, 1.165) is 28.5 Å². The molecular weight excluding hydrogens is 360 g/mol. The summed E-state index contributed by atoms with van der Waals surface area (Å²) < 4.78 is 26.3. The molecule has 0 aromatic heterocycles. The predicted octanol–water partition coefficient (Wildman–Crippen LogP) is 3.47. The zero-order valence-electron chi connectivity index (χ0n) is 16.6. The highest BCUT2D eigenvalue weighted by Crippen LogP contribution is 2.25. The average Bonchev–Trinajstić information content (AvgIpc) is 2.55. The first-order valence-corrected chi connectivity index (χ1v) is 10.9. The standard InChI is InChI=1S/C21H28N2O3S/c1-6-20(21(24)22-14-18-9-7-8-15(2)11-18)23(27(5,25)26)19-12-16(3)10-17(4)13-19/h7-13,20H,6,14H2,1-5H3,(H,22,24).